The van der Waals surface area contributed by atoms with Crippen LogP contribution in [0.5, 0.6) is 0 Å². The van der Waals surface area contributed by atoms with Crippen molar-refractivity contribution >= 4 is 21.9 Å². The zero-order valence-electron chi connectivity index (χ0n) is 6.08. The van der Waals surface area contributed by atoms with Crippen molar-refractivity contribution in [2.75, 3.05) is 0 Å². The van der Waals surface area contributed by atoms with Gasteiger partial charge >= 0.3 is 0 Å². The SMILES string of the molecule is O=C([O-])c1cc(Br)cc(CO)c1. The minimum atomic E-state index is -1.24. The van der Waals surface area contributed by atoms with Crippen molar-refractivity contribution in [2.45, 2.75) is 6.61 Å². The number of aliphatic hydroxyl groups is 1. The van der Waals surface area contributed by atoms with E-state index in [0.29, 0.717) is 10.0 Å². The van der Waals surface area contributed by atoms with Crippen LogP contribution in [0.15, 0.2) is 22.7 Å². The Balaban J connectivity index is 3.15. The Kier molecular flexibility index (Phi) is 2.83. The standard InChI is InChI=1S/C8H7BrO3/c9-7-2-5(4-10)1-6(3-7)8(11)12/h1-3,10H,4H2,(H,11,12)/p-1. The average molecular weight is 230 g/mol. The Morgan fingerprint density at radius 2 is 2.17 bits per heavy atom. The number of halogens is 1. The van der Waals surface area contributed by atoms with E-state index in [1.807, 2.05) is 0 Å². The lowest BCUT2D eigenvalue weighted by Crippen LogP contribution is -2.22. The molecule has 0 aliphatic carbocycles. The zero-order valence-corrected chi connectivity index (χ0v) is 7.67. The summed E-state index contributed by atoms with van der Waals surface area (Å²) in [4.78, 5) is 10.4. The maximum atomic E-state index is 10.4. The van der Waals surface area contributed by atoms with Gasteiger partial charge < -0.3 is 15.0 Å². The predicted molar refractivity (Wildman–Crippen MR) is 44.4 cm³/mol. The summed E-state index contributed by atoms with van der Waals surface area (Å²) < 4.78 is 0.619. The summed E-state index contributed by atoms with van der Waals surface area (Å²) in [5.41, 5.74) is 0.608. The molecule has 0 atom stereocenters. The fourth-order valence-electron chi connectivity index (χ4n) is 0.860. The monoisotopic (exact) mass is 229 g/mol. The lowest BCUT2D eigenvalue weighted by molar-refractivity contribution is -0.255. The van der Waals surface area contributed by atoms with Gasteiger partial charge in [-0.2, -0.15) is 0 Å². The van der Waals surface area contributed by atoms with Crippen molar-refractivity contribution in [3.05, 3.63) is 33.8 Å². The zero-order chi connectivity index (χ0) is 9.14. The third kappa shape index (κ3) is 2.06. The maximum absolute atomic E-state index is 10.4. The average Bonchev–Trinajstić information content (AvgIpc) is 2.03. The Hall–Kier alpha value is -0.870. The maximum Gasteiger partial charge on any atom is 0.0715 e. The number of aliphatic hydroxyl groups excluding tert-OH is 1. The fourth-order valence-corrected chi connectivity index (χ4v) is 1.40. The number of benzene rings is 1. The highest BCUT2D eigenvalue weighted by Crippen LogP contribution is 2.15. The molecule has 12 heavy (non-hydrogen) atoms. The van der Waals surface area contributed by atoms with Crippen LogP contribution in [-0.2, 0) is 6.61 Å². The van der Waals surface area contributed by atoms with Gasteiger partial charge in [-0.3, -0.25) is 0 Å². The number of carbonyl (C=O) groups is 1. The van der Waals surface area contributed by atoms with E-state index in [2.05, 4.69) is 15.9 Å². The first-order chi connectivity index (χ1) is 5.63. The summed E-state index contributed by atoms with van der Waals surface area (Å²) in [5.74, 6) is -1.24. The minimum Gasteiger partial charge on any atom is -0.545 e. The van der Waals surface area contributed by atoms with E-state index >= 15 is 0 Å². The molecule has 0 unspecified atom stereocenters. The van der Waals surface area contributed by atoms with Crippen molar-refractivity contribution in [1.82, 2.24) is 0 Å². The molecule has 0 radical (unpaired) electrons. The van der Waals surface area contributed by atoms with Crippen LogP contribution in [-0.4, -0.2) is 11.1 Å². The van der Waals surface area contributed by atoms with E-state index in [-0.39, 0.29) is 12.2 Å². The van der Waals surface area contributed by atoms with Crippen LogP contribution in [0.3, 0.4) is 0 Å². The van der Waals surface area contributed by atoms with Gasteiger partial charge in [0, 0.05) is 4.47 Å². The van der Waals surface area contributed by atoms with E-state index in [9.17, 15) is 9.90 Å². The van der Waals surface area contributed by atoms with Crippen LogP contribution in [0.1, 0.15) is 15.9 Å². The summed E-state index contributed by atoms with van der Waals surface area (Å²) in [6, 6.07) is 4.45. The number of hydrogen-bond acceptors (Lipinski definition) is 3. The second-order valence-corrected chi connectivity index (χ2v) is 3.21. The number of carbonyl (C=O) groups excluding carboxylic acids is 1. The number of hydrogen-bond donors (Lipinski definition) is 1. The fraction of sp³-hybridized carbons (Fsp3) is 0.125. The van der Waals surface area contributed by atoms with Crippen molar-refractivity contribution < 1.29 is 15.0 Å². The third-order valence-electron chi connectivity index (χ3n) is 1.38. The van der Waals surface area contributed by atoms with E-state index in [1.165, 1.54) is 12.1 Å². The summed E-state index contributed by atoms with van der Waals surface area (Å²) in [7, 11) is 0. The second-order valence-electron chi connectivity index (χ2n) is 2.29. The van der Waals surface area contributed by atoms with Gasteiger partial charge in [-0.15, -0.1) is 0 Å². The summed E-state index contributed by atoms with van der Waals surface area (Å²) in [6.45, 7) is -0.181. The number of rotatable bonds is 2. The Bertz CT molecular complexity index is 309. The molecule has 4 heteroatoms. The quantitative estimate of drug-likeness (QED) is 0.794. The van der Waals surface area contributed by atoms with Gasteiger partial charge in [0.25, 0.3) is 0 Å². The third-order valence-corrected chi connectivity index (χ3v) is 1.83. The summed E-state index contributed by atoms with van der Waals surface area (Å²) >= 11 is 3.12. The molecule has 1 aromatic rings. The number of aromatic carboxylic acids is 1. The van der Waals surface area contributed by atoms with E-state index < -0.39 is 5.97 Å². The molecule has 0 heterocycles. The van der Waals surface area contributed by atoms with E-state index in [4.69, 9.17) is 5.11 Å². The molecule has 0 bridgehead atoms. The first-order valence-corrected chi connectivity index (χ1v) is 4.04. The first-order valence-electron chi connectivity index (χ1n) is 3.25. The van der Waals surface area contributed by atoms with E-state index in [0.717, 1.165) is 0 Å². The van der Waals surface area contributed by atoms with Crippen LogP contribution in [0, 0.1) is 0 Å². The number of carboxylic acid groups (broad SMARTS) is 1. The molecule has 0 aliphatic heterocycles. The highest BCUT2D eigenvalue weighted by Gasteiger charge is 1.98. The van der Waals surface area contributed by atoms with Gasteiger partial charge in [-0.25, -0.2) is 0 Å². The molecular weight excluding hydrogens is 224 g/mol. The molecule has 0 aromatic heterocycles. The molecule has 1 aromatic carbocycles. The van der Waals surface area contributed by atoms with Crippen LogP contribution in [0.25, 0.3) is 0 Å². The molecule has 1 rings (SSSR count). The molecule has 64 valence electrons. The lowest BCUT2D eigenvalue weighted by atomic mass is 10.1. The number of carboxylic acids is 1. The Morgan fingerprint density at radius 1 is 1.50 bits per heavy atom. The Morgan fingerprint density at radius 3 is 2.67 bits per heavy atom. The highest BCUT2D eigenvalue weighted by molar-refractivity contribution is 9.10. The van der Waals surface area contributed by atoms with Crippen LogP contribution < -0.4 is 5.11 Å². The molecule has 1 N–H and O–H groups in total. The van der Waals surface area contributed by atoms with Crippen molar-refractivity contribution in [3.8, 4) is 0 Å². The van der Waals surface area contributed by atoms with Crippen molar-refractivity contribution in [2.24, 2.45) is 0 Å². The smallest absolute Gasteiger partial charge is 0.0715 e. The van der Waals surface area contributed by atoms with Gasteiger partial charge in [0.2, 0.25) is 0 Å². The van der Waals surface area contributed by atoms with Crippen LogP contribution >= 0.6 is 15.9 Å². The molecule has 0 spiro atoms. The lowest BCUT2D eigenvalue weighted by Gasteiger charge is -2.05. The van der Waals surface area contributed by atoms with Gasteiger partial charge in [-0.1, -0.05) is 15.9 Å². The van der Waals surface area contributed by atoms with Gasteiger partial charge in [0.15, 0.2) is 0 Å². The highest BCUT2D eigenvalue weighted by atomic mass is 79.9. The molecule has 0 aliphatic rings. The molecule has 0 amide bonds. The van der Waals surface area contributed by atoms with Crippen LogP contribution in [0.2, 0.25) is 0 Å². The van der Waals surface area contributed by atoms with E-state index in [1.54, 1.807) is 6.07 Å². The molecule has 3 nitrogen and oxygen atoms in total. The van der Waals surface area contributed by atoms with Crippen molar-refractivity contribution in [3.63, 3.8) is 0 Å². The van der Waals surface area contributed by atoms with Crippen molar-refractivity contribution in [1.29, 1.82) is 0 Å². The Labute approximate surface area is 77.8 Å². The van der Waals surface area contributed by atoms with Crippen LogP contribution in [0.4, 0.5) is 0 Å². The predicted octanol–water partition coefficient (Wildman–Crippen LogP) is 0.305. The van der Waals surface area contributed by atoms with Gasteiger partial charge in [-0.05, 0) is 29.3 Å². The minimum absolute atomic E-state index is 0.0634. The first kappa shape index (κ1) is 9.22. The molecule has 0 saturated heterocycles. The molecule has 0 fully saturated rings. The molecular formula is C8H6BrO3-. The topological polar surface area (TPSA) is 60.4 Å². The second kappa shape index (κ2) is 3.69. The summed E-state index contributed by atoms with van der Waals surface area (Å²) in [6.07, 6.45) is 0. The largest absolute Gasteiger partial charge is 0.545 e. The summed E-state index contributed by atoms with van der Waals surface area (Å²) in [5, 5.41) is 19.1. The van der Waals surface area contributed by atoms with Gasteiger partial charge in [0.1, 0.15) is 0 Å². The normalized spacial score (nSPS) is 9.83. The van der Waals surface area contributed by atoms with Gasteiger partial charge in [0.05, 0.1) is 12.6 Å². The molecule has 0 saturated carbocycles.